The van der Waals surface area contributed by atoms with Crippen molar-refractivity contribution in [1.82, 2.24) is 10.2 Å². The molecular formula is C18H31FN2. The number of nitrogens with zero attached hydrogens (tertiary/aromatic N) is 1. The molecule has 0 aromatic heterocycles. The summed E-state index contributed by atoms with van der Waals surface area (Å²) in [6, 6.07) is 6.36. The molecule has 1 N–H and O–H groups in total. The van der Waals surface area contributed by atoms with Gasteiger partial charge in [-0.25, -0.2) is 4.39 Å². The van der Waals surface area contributed by atoms with Crippen LogP contribution in [0.15, 0.2) is 18.2 Å². The van der Waals surface area contributed by atoms with Gasteiger partial charge in [0.2, 0.25) is 0 Å². The first-order chi connectivity index (χ1) is 9.86. The van der Waals surface area contributed by atoms with E-state index in [9.17, 15) is 4.39 Å². The minimum absolute atomic E-state index is 0.112. The van der Waals surface area contributed by atoms with Crippen molar-refractivity contribution in [3.8, 4) is 0 Å². The van der Waals surface area contributed by atoms with Gasteiger partial charge < -0.3 is 10.2 Å². The molecule has 1 aromatic rings. The van der Waals surface area contributed by atoms with Crippen LogP contribution in [0.25, 0.3) is 0 Å². The summed E-state index contributed by atoms with van der Waals surface area (Å²) in [5.74, 6) is 0.531. The molecule has 0 spiro atoms. The summed E-state index contributed by atoms with van der Waals surface area (Å²) in [6.45, 7) is 12.6. The average molecular weight is 294 g/mol. The summed E-state index contributed by atoms with van der Waals surface area (Å²) in [5, 5.41) is 3.48. The number of nitrogens with one attached hydrogen (secondary N) is 1. The molecule has 1 rings (SSSR count). The zero-order valence-corrected chi connectivity index (χ0v) is 14.4. The van der Waals surface area contributed by atoms with Crippen molar-refractivity contribution in [2.75, 3.05) is 20.1 Å². The smallest absolute Gasteiger partial charge is 0.126 e. The van der Waals surface area contributed by atoms with Crippen LogP contribution in [0.1, 0.15) is 51.3 Å². The van der Waals surface area contributed by atoms with Gasteiger partial charge in [-0.3, -0.25) is 0 Å². The molecule has 0 radical (unpaired) electrons. The van der Waals surface area contributed by atoms with Crippen LogP contribution >= 0.6 is 0 Å². The van der Waals surface area contributed by atoms with Crippen LogP contribution in [-0.2, 0) is 0 Å². The molecule has 0 amide bonds. The van der Waals surface area contributed by atoms with Crippen LogP contribution in [0.5, 0.6) is 0 Å². The summed E-state index contributed by atoms with van der Waals surface area (Å²) in [5.41, 5.74) is 1.75. The molecule has 2 nitrogen and oxygen atoms in total. The van der Waals surface area contributed by atoms with E-state index in [1.807, 2.05) is 12.1 Å². The third kappa shape index (κ3) is 5.40. The number of hydrogen-bond donors (Lipinski definition) is 1. The third-order valence-corrected chi connectivity index (χ3v) is 4.48. The Morgan fingerprint density at radius 2 is 1.90 bits per heavy atom. The Morgan fingerprint density at radius 1 is 1.24 bits per heavy atom. The SMILES string of the molecule is CCNC(CCN(C)C(C)C(C)C)c1ccc(C)c(F)c1. The number of rotatable bonds is 8. The first-order valence-corrected chi connectivity index (χ1v) is 8.06. The minimum atomic E-state index is -0.112. The number of halogens is 1. The zero-order valence-electron chi connectivity index (χ0n) is 14.4. The maximum absolute atomic E-state index is 13.8. The molecule has 3 heteroatoms. The highest BCUT2D eigenvalue weighted by Gasteiger charge is 2.16. The minimum Gasteiger partial charge on any atom is -0.310 e. The summed E-state index contributed by atoms with van der Waals surface area (Å²) in [7, 11) is 2.17. The molecule has 0 aliphatic rings. The van der Waals surface area contributed by atoms with E-state index in [0.717, 1.165) is 25.1 Å². The number of hydrogen-bond acceptors (Lipinski definition) is 2. The highest BCUT2D eigenvalue weighted by Crippen LogP contribution is 2.21. The van der Waals surface area contributed by atoms with E-state index in [1.54, 1.807) is 13.0 Å². The average Bonchev–Trinajstić information content (AvgIpc) is 2.45. The van der Waals surface area contributed by atoms with Crippen molar-refractivity contribution < 1.29 is 4.39 Å². The normalized spacial score (nSPS) is 14.7. The van der Waals surface area contributed by atoms with Gasteiger partial charge in [0.1, 0.15) is 5.82 Å². The highest BCUT2D eigenvalue weighted by molar-refractivity contribution is 5.25. The van der Waals surface area contributed by atoms with Gasteiger partial charge in [-0.05, 0) is 63.5 Å². The monoisotopic (exact) mass is 294 g/mol. The lowest BCUT2D eigenvalue weighted by Crippen LogP contribution is -2.36. The van der Waals surface area contributed by atoms with Crippen LogP contribution in [0.3, 0.4) is 0 Å². The summed E-state index contributed by atoms with van der Waals surface area (Å²) < 4.78 is 13.8. The Kier molecular flexibility index (Phi) is 7.33. The molecule has 0 bridgehead atoms. The molecule has 0 saturated carbocycles. The lowest BCUT2D eigenvalue weighted by molar-refractivity contribution is 0.198. The first-order valence-electron chi connectivity index (χ1n) is 8.06. The van der Waals surface area contributed by atoms with E-state index >= 15 is 0 Å². The van der Waals surface area contributed by atoms with E-state index in [0.29, 0.717) is 17.5 Å². The molecular weight excluding hydrogens is 263 g/mol. The summed E-state index contributed by atoms with van der Waals surface area (Å²) in [4.78, 5) is 2.39. The Morgan fingerprint density at radius 3 is 2.43 bits per heavy atom. The first kappa shape index (κ1) is 18.1. The fourth-order valence-electron chi connectivity index (χ4n) is 2.50. The molecule has 0 saturated heterocycles. The molecule has 2 unspecified atom stereocenters. The second-order valence-corrected chi connectivity index (χ2v) is 6.37. The van der Waals surface area contributed by atoms with Crippen molar-refractivity contribution in [3.63, 3.8) is 0 Å². The quantitative estimate of drug-likeness (QED) is 0.775. The molecule has 0 aliphatic heterocycles. The fraction of sp³-hybridized carbons (Fsp3) is 0.667. The van der Waals surface area contributed by atoms with Gasteiger partial charge in [0, 0.05) is 12.1 Å². The molecule has 2 atom stereocenters. The van der Waals surface area contributed by atoms with Crippen LogP contribution < -0.4 is 5.32 Å². The molecule has 0 fully saturated rings. The Hall–Kier alpha value is -0.930. The predicted molar refractivity (Wildman–Crippen MR) is 89.1 cm³/mol. The maximum atomic E-state index is 13.8. The van der Waals surface area contributed by atoms with Crippen LogP contribution in [0, 0.1) is 18.7 Å². The van der Waals surface area contributed by atoms with E-state index in [1.165, 1.54) is 0 Å². The Labute approximate surface area is 129 Å². The lowest BCUT2D eigenvalue weighted by Gasteiger charge is -2.29. The van der Waals surface area contributed by atoms with Crippen molar-refractivity contribution in [1.29, 1.82) is 0 Å². The predicted octanol–water partition coefficient (Wildman–Crippen LogP) is 4.15. The molecule has 0 heterocycles. The van der Waals surface area contributed by atoms with Gasteiger partial charge in [0.05, 0.1) is 0 Å². The van der Waals surface area contributed by atoms with Crippen LogP contribution in [0.4, 0.5) is 4.39 Å². The van der Waals surface area contributed by atoms with Crippen molar-refractivity contribution in [2.24, 2.45) is 5.92 Å². The summed E-state index contributed by atoms with van der Waals surface area (Å²) in [6.07, 6.45) is 0.990. The second-order valence-electron chi connectivity index (χ2n) is 6.37. The molecule has 120 valence electrons. The van der Waals surface area contributed by atoms with Gasteiger partial charge in [0.15, 0.2) is 0 Å². The van der Waals surface area contributed by atoms with Crippen LogP contribution in [0.2, 0.25) is 0 Å². The highest BCUT2D eigenvalue weighted by atomic mass is 19.1. The van der Waals surface area contributed by atoms with Crippen molar-refractivity contribution in [2.45, 2.75) is 53.1 Å². The van der Waals surface area contributed by atoms with Gasteiger partial charge in [-0.15, -0.1) is 0 Å². The zero-order chi connectivity index (χ0) is 16.0. The lowest BCUT2D eigenvalue weighted by atomic mass is 10.00. The molecule has 1 aromatic carbocycles. The number of aryl methyl sites for hydroxylation is 1. The van der Waals surface area contributed by atoms with Gasteiger partial charge in [-0.2, -0.15) is 0 Å². The van der Waals surface area contributed by atoms with Gasteiger partial charge in [0.25, 0.3) is 0 Å². The van der Waals surface area contributed by atoms with E-state index in [4.69, 9.17) is 0 Å². The van der Waals surface area contributed by atoms with Crippen molar-refractivity contribution >= 4 is 0 Å². The largest absolute Gasteiger partial charge is 0.310 e. The van der Waals surface area contributed by atoms with Gasteiger partial charge >= 0.3 is 0 Å². The maximum Gasteiger partial charge on any atom is 0.126 e. The van der Waals surface area contributed by atoms with Crippen LogP contribution in [-0.4, -0.2) is 31.1 Å². The number of benzene rings is 1. The third-order valence-electron chi connectivity index (χ3n) is 4.48. The fourth-order valence-corrected chi connectivity index (χ4v) is 2.50. The summed E-state index contributed by atoms with van der Waals surface area (Å²) >= 11 is 0. The van der Waals surface area contributed by atoms with E-state index in [2.05, 4.69) is 45.0 Å². The van der Waals surface area contributed by atoms with Crippen molar-refractivity contribution in [3.05, 3.63) is 35.1 Å². The Bertz CT molecular complexity index is 431. The van der Waals surface area contributed by atoms with Gasteiger partial charge in [-0.1, -0.05) is 32.9 Å². The van der Waals surface area contributed by atoms with E-state index in [-0.39, 0.29) is 11.9 Å². The molecule has 0 aliphatic carbocycles. The topological polar surface area (TPSA) is 15.3 Å². The Balaban J connectivity index is 2.71. The molecule has 21 heavy (non-hydrogen) atoms. The second kappa shape index (κ2) is 8.50. The standard InChI is InChI=1S/C18H31FN2/c1-7-20-18(10-11-21(6)15(5)13(2)3)16-9-8-14(4)17(19)12-16/h8-9,12-13,15,18,20H,7,10-11H2,1-6H3. The van der Waals surface area contributed by atoms with E-state index < -0.39 is 0 Å².